The molecule has 0 fully saturated rings. The monoisotopic (exact) mass is 297 g/mol. The lowest BCUT2D eigenvalue weighted by molar-refractivity contribution is 0.102. The van der Waals surface area contributed by atoms with Gasteiger partial charge in [-0.05, 0) is 41.7 Å². The lowest BCUT2D eigenvalue weighted by atomic mass is 9.73. The third-order valence-corrected chi connectivity index (χ3v) is 3.67. The summed E-state index contributed by atoms with van der Waals surface area (Å²) in [4.78, 5) is 12.4. The standard InChI is InChI=1S/C16H16BNO4/c1-21-15-5-3-2-4-13(15)16(19)18-12-7-6-11-8-9-22-17(20)14(11)10-12/h2-7,10,20H,8-9H2,1H3,(H,18,19). The number of fused-ring (bicyclic) bond motifs is 1. The summed E-state index contributed by atoms with van der Waals surface area (Å²) in [5.74, 6) is 0.255. The summed E-state index contributed by atoms with van der Waals surface area (Å²) in [6.07, 6.45) is 0.757. The molecule has 1 aliphatic rings. The maximum absolute atomic E-state index is 12.4. The van der Waals surface area contributed by atoms with E-state index in [-0.39, 0.29) is 5.91 Å². The van der Waals surface area contributed by atoms with Gasteiger partial charge in [0.25, 0.3) is 5.91 Å². The molecule has 0 bridgehead atoms. The van der Waals surface area contributed by atoms with Crippen molar-refractivity contribution in [3.05, 3.63) is 53.6 Å². The summed E-state index contributed by atoms with van der Waals surface area (Å²) >= 11 is 0. The van der Waals surface area contributed by atoms with Crippen molar-refractivity contribution >= 4 is 24.2 Å². The molecule has 6 heteroatoms. The fraction of sp³-hybridized carbons (Fsp3) is 0.188. The van der Waals surface area contributed by atoms with Gasteiger partial charge in [-0.3, -0.25) is 4.79 Å². The van der Waals surface area contributed by atoms with Crippen LogP contribution >= 0.6 is 0 Å². The van der Waals surface area contributed by atoms with Crippen molar-refractivity contribution in [2.75, 3.05) is 19.0 Å². The normalized spacial score (nSPS) is 13.5. The van der Waals surface area contributed by atoms with Crippen LogP contribution in [0.15, 0.2) is 42.5 Å². The molecule has 1 aliphatic heterocycles. The Labute approximate surface area is 129 Å². The van der Waals surface area contributed by atoms with E-state index in [2.05, 4.69) is 5.32 Å². The topological polar surface area (TPSA) is 67.8 Å². The zero-order valence-electron chi connectivity index (χ0n) is 12.2. The van der Waals surface area contributed by atoms with E-state index in [0.29, 0.717) is 29.1 Å². The van der Waals surface area contributed by atoms with Crippen LogP contribution in [0.25, 0.3) is 0 Å². The summed E-state index contributed by atoms with van der Waals surface area (Å²) in [6, 6.07) is 12.5. The summed E-state index contributed by atoms with van der Waals surface area (Å²) in [5.41, 5.74) is 2.80. The Hall–Kier alpha value is -2.31. The Balaban J connectivity index is 1.84. The van der Waals surface area contributed by atoms with E-state index in [1.165, 1.54) is 7.11 Å². The molecule has 1 heterocycles. The number of anilines is 1. The molecule has 112 valence electrons. The van der Waals surface area contributed by atoms with Crippen molar-refractivity contribution < 1.29 is 19.2 Å². The molecular weight excluding hydrogens is 281 g/mol. The van der Waals surface area contributed by atoms with Crippen LogP contribution in [-0.2, 0) is 11.1 Å². The summed E-state index contributed by atoms with van der Waals surface area (Å²) < 4.78 is 10.4. The van der Waals surface area contributed by atoms with Crippen molar-refractivity contribution in [3.8, 4) is 5.75 Å². The molecule has 0 unspecified atom stereocenters. The number of methoxy groups -OCH3 is 1. The predicted molar refractivity (Wildman–Crippen MR) is 84.7 cm³/mol. The van der Waals surface area contributed by atoms with Gasteiger partial charge in [0.15, 0.2) is 0 Å². The lowest BCUT2D eigenvalue weighted by Gasteiger charge is -2.20. The summed E-state index contributed by atoms with van der Waals surface area (Å²) in [7, 11) is 0.588. The van der Waals surface area contributed by atoms with Gasteiger partial charge >= 0.3 is 7.12 Å². The molecular formula is C16H16BNO4. The molecule has 0 aliphatic carbocycles. The quantitative estimate of drug-likeness (QED) is 0.836. The van der Waals surface area contributed by atoms with Gasteiger partial charge in [0, 0.05) is 12.3 Å². The summed E-state index contributed by atoms with van der Waals surface area (Å²) in [5, 5.41) is 12.7. The number of amides is 1. The van der Waals surface area contributed by atoms with E-state index in [4.69, 9.17) is 9.39 Å². The van der Waals surface area contributed by atoms with Gasteiger partial charge in [-0.1, -0.05) is 18.2 Å². The predicted octanol–water partition coefficient (Wildman–Crippen LogP) is 1.21. The second kappa shape index (κ2) is 6.21. The van der Waals surface area contributed by atoms with Gasteiger partial charge in [-0.15, -0.1) is 0 Å². The maximum atomic E-state index is 12.4. The minimum absolute atomic E-state index is 0.261. The average molecular weight is 297 g/mol. The van der Waals surface area contributed by atoms with E-state index >= 15 is 0 Å². The van der Waals surface area contributed by atoms with Gasteiger partial charge in [-0.25, -0.2) is 0 Å². The molecule has 2 N–H and O–H groups in total. The second-order valence-electron chi connectivity index (χ2n) is 5.04. The highest BCUT2D eigenvalue weighted by atomic mass is 16.5. The Morgan fingerprint density at radius 1 is 1.32 bits per heavy atom. The Morgan fingerprint density at radius 2 is 2.14 bits per heavy atom. The zero-order valence-corrected chi connectivity index (χ0v) is 12.2. The van der Waals surface area contributed by atoms with Crippen LogP contribution in [0.3, 0.4) is 0 Å². The van der Waals surface area contributed by atoms with Crippen molar-refractivity contribution in [2.45, 2.75) is 6.42 Å². The SMILES string of the molecule is COc1ccccc1C(=O)Nc1ccc2c(c1)B(O)OCC2. The first kappa shape index (κ1) is 14.6. The van der Waals surface area contributed by atoms with E-state index in [0.717, 1.165) is 12.0 Å². The molecule has 22 heavy (non-hydrogen) atoms. The molecule has 0 radical (unpaired) electrons. The molecule has 0 atom stereocenters. The summed E-state index contributed by atoms with van der Waals surface area (Å²) in [6.45, 7) is 0.501. The number of para-hydroxylation sites is 1. The zero-order chi connectivity index (χ0) is 15.5. The second-order valence-corrected chi connectivity index (χ2v) is 5.04. The number of benzene rings is 2. The molecule has 0 spiro atoms. The molecule has 2 aromatic rings. The number of hydrogen-bond acceptors (Lipinski definition) is 4. The molecule has 0 aromatic heterocycles. The Kier molecular flexibility index (Phi) is 4.13. The average Bonchev–Trinajstić information content (AvgIpc) is 2.55. The number of carbonyl (C=O) groups is 1. The first-order valence-corrected chi connectivity index (χ1v) is 7.06. The molecule has 3 rings (SSSR count). The minimum Gasteiger partial charge on any atom is -0.496 e. The van der Waals surface area contributed by atoms with Gasteiger partial charge in [0.2, 0.25) is 0 Å². The van der Waals surface area contributed by atoms with Crippen LogP contribution < -0.4 is 15.5 Å². The van der Waals surface area contributed by atoms with Gasteiger partial charge in [0.1, 0.15) is 5.75 Å². The van der Waals surface area contributed by atoms with Crippen molar-refractivity contribution in [1.29, 1.82) is 0 Å². The largest absolute Gasteiger partial charge is 0.496 e. The van der Waals surface area contributed by atoms with Crippen LogP contribution in [0.1, 0.15) is 15.9 Å². The molecule has 0 saturated heterocycles. The lowest BCUT2D eigenvalue weighted by Crippen LogP contribution is -2.41. The minimum atomic E-state index is -0.938. The van der Waals surface area contributed by atoms with Gasteiger partial charge < -0.3 is 19.7 Å². The number of nitrogens with one attached hydrogen (secondary N) is 1. The smallest absolute Gasteiger partial charge is 0.491 e. The first-order chi connectivity index (χ1) is 10.7. The fourth-order valence-corrected chi connectivity index (χ4v) is 2.53. The van der Waals surface area contributed by atoms with Crippen molar-refractivity contribution in [1.82, 2.24) is 0 Å². The van der Waals surface area contributed by atoms with E-state index < -0.39 is 7.12 Å². The Bertz CT molecular complexity index is 704. The third-order valence-electron chi connectivity index (χ3n) is 3.67. The number of hydrogen-bond donors (Lipinski definition) is 2. The highest BCUT2D eigenvalue weighted by Crippen LogP contribution is 2.19. The highest BCUT2D eigenvalue weighted by molar-refractivity contribution is 6.61. The van der Waals surface area contributed by atoms with Crippen LogP contribution in [0.4, 0.5) is 5.69 Å². The highest BCUT2D eigenvalue weighted by Gasteiger charge is 2.25. The molecule has 5 nitrogen and oxygen atoms in total. The maximum Gasteiger partial charge on any atom is 0.491 e. The van der Waals surface area contributed by atoms with Gasteiger partial charge in [0.05, 0.1) is 12.7 Å². The molecule has 1 amide bonds. The van der Waals surface area contributed by atoms with Crippen molar-refractivity contribution in [3.63, 3.8) is 0 Å². The number of ether oxygens (including phenoxy) is 1. The molecule has 0 saturated carbocycles. The first-order valence-electron chi connectivity index (χ1n) is 7.06. The van der Waals surface area contributed by atoms with E-state index in [1.54, 1.807) is 24.3 Å². The van der Waals surface area contributed by atoms with E-state index in [9.17, 15) is 9.82 Å². The Morgan fingerprint density at radius 3 is 2.95 bits per heavy atom. The van der Waals surface area contributed by atoms with Crippen molar-refractivity contribution in [2.24, 2.45) is 0 Å². The van der Waals surface area contributed by atoms with Gasteiger partial charge in [-0.2, -0.15) is 0 Å². The third kappa shape index (κ3) is 2.84. The number of carbonyl (C=O) groups excluding carboxylic acids is 1. The van der Waals surface area contributed by atoms with Crippen LogP contribution in [0.2, 0.25) is 0 Å². The number of rotatable bonds is 3. The van der Waals surface area contributed by atoms with Crippen LogP contribution in [0.5, 0.6) is 5.75 Å². The molecule has 2 aromatic carbocycles. The fourth-order valence-electron chi connectivity index (χ4n) is 2.53. The van der Waals surface area contributed by atoms with Crippen LogP contribution in [-0.4, -0.2) is 31.8 Å². The van der Waals surface area contributed by atoms with E-state index in [1.807, 2.05) is 18.2 Å². The van der Waals surface area contributed by atoms with Crippen LogP contribution in [0, 0.1) is 0 Å².